The van der Waals surface area contributed by atoms with E-state index < -0.39 is 0 Å². The van der Waals surface area contributed by atoms with E-state index in [9.17, 15) is 0 Å². The van der Waals surface area contributed by atoms with Gasteiger partial charge in [-0.2, -0.15) is 5.10 Å². The predicted octanol–water partition coefficient (Wildman–Crippen LogP) is 1.32. The molecule has 0 radical (unpaired) electrons. The molecule has 2 aromatic heterocycles. The average molecular weight is 218 g/mol. The Morgan fingerprint density at radius 2 is 2.44 bits per heavy atom. The zero-order valence-corrected chi connectivity index (χ0v) is 8.99. The molecule has 1 saturated heterocycles. The molecule has 2 aromatic rings. The molecule has 0 amide bonds. The quantitative estimate of drug-likeness (QED) is 0.779. The van der Waals surface area contributed by atoms with Crippen LogP contribution in [0.2, 0.25) is 0 Å². The molecular formula is C11H14N4O. The highest BCUT2D eigenvalue weighted by Crippen LogP contribution is 2.21. The highest BCUT2D eigenvalue weighted by atomic mass is 16.3. The Hall–Kier alpha value is -1.62. The third-order valence-corrected chi connectivity index (χ3v) is 2.99. The van der Waals surface area contributed by atoms with Crippen LogP contribution in [0.3, 0.4) is 0 Å². The van der Waals surface area contributed by atoms with Crippen molar-refractivity contribution >= 4 is 0 Å². The summed E-state index contributed by atoms with van der Waals surface area (Å²) in [4.78, 5) is 6.48. The van der Waals surface area contributed by atoms with Gasteiger partial charge in [0.15, 0.2) is 0 Å². The molecule has 1 aliphatic heterocycles. The van der Waals surface area contributed by atoms with Gasteiger partial charge in [-0.25, -0.2) is 4.98 Å². The number of rotatable bonds is 3. The van der Waals surface area contributed by atoms with Crippen molar-refractivity contribution in [3.63, 3.8) is 0 Å². The Morgan fingerprint density at radius 3 is 3.19 bits per heavy atom. The minimum Gasteiger partial charge on any atom is -0.448 e. The van der Waals surface area contributed by atoms with Crippen LogP contribution in [-0.2, 0) is 6.54 Å². The van der Waals surface area contributed by atoms with Crippen molar-refractivity contribution in [1.29, 1.82) is 0 Å². The molecule has 0 spiro atoms. The Labute approximate surface area is 93.7 Å². The summed E-state index contributed by atoms with van der Waals surface area (Å²) in [5.74, 6) is 0.793. The summed E-state index contributed by atoms with van der Waals surface area (Å²) in [5.41, 5.74) is 0. The molecule has 0 saturated carbocycles. The van der Waals surface area contributed by atoms with Crippen LogP contribution in [0.5, 0.6) is 0 Å². The van der Waals surface area contributed by atoms with Crippen molar-refractivity contribution in [2.75, 3.05) is 13.1 Å². The van der Waals surface area contributed by atoms with E-state index in [1.54, 1.807) is 12.5 Å². The van der Waals surface area contributed by atoms with Crippen LogP contribution in [0.25, 0.3) is 0 Å². The first-order valence-electron chi connectivity index (χ1n) is 5.51. The molecule has 5 nitrogen and oxygen atoms in total. The summed E-state index contributed by atoms with van der Waals surface area (Å²) < 4.78 is 7.28. The first-order chi connectivity index (χ1) is 7.92. The fourth-order valence-electron chi connectivity index (χ4n) is 2.19. The van der Waals surface area contributed by atoms with E-state index in [-0.39, 0.29) is 0 Å². The van der Waals surface area contributed by atoms with Gasteiger partial charge in [0.1, 0.15) is 6.26 Å². The number of aromatic nitrogens is 3. The van der Waals surface area contributed by atoms with Gasteiger partial charge in [-0.15, -0.1) is 0 Å². The molecule has 3 rings (SSSR count). The smallest absolute Gasteiger partial charge is 0.208 e. The molecule has 1 aliphatic rings. The number of hydrogen-bond acceptors (Lipinski definition) is 4. The third-order valence-electron chi connectivity index (χ3n) is 2.99. The van der Waals surface area contributed by atoms with Crippen LogP contribution >= 0.6 is 0 Å². The maximum atomic E-state index is 5.25. The number of oxazole rings is 1. The maximum Gasteiger partial charge on any atom is 0.208 e. The molecule has 1 unspecified atom stereocenters. The molecule has 0 aromatic carbocycles. The molecule has 16 heavy (non-hydrogen) atoms. The zero-order valence-electron chi connectivity index (χ0n) is 8.99. The minimum atomic E-state index is 0.491. The normalized spacial score (nSPS) is 21.6. The van der Waals surface area contributed by atoms with E-state index >= 15 is 0 Å². The molecule has 0 bridgehead atoms. The summed E-state index contributed by atoms with van der Waals surface area (Å²) in [6, 6.07) is 2.46. The fourth-order valence-corrected chi connectivity index (χ4v) is 2.19. The van der Waals surface area contributed by atoms with Gasteiger partial charge in [0, 0.05) is 25.5 Å². The molecule has 0 N–H and O–H groups in total. The standard InChI is InChI=1S/C11H14N4O/c1-3-13-15(5-1)10-2-6-14(8-10)9-11-12-4-7-16-11/h1,3-5,7,10H,2,6,8-9H2. The first kappa shape index (κ1) is 9.59. The number of hydrogen-bond donors (Lipinski definition) is 0. The Balaban J connectivity index is 1.61. The summed E-state index contributed by atoms with van der Waals surface area (Å²) in [7, 11) is 0. The average Bonchev–Trinajstić information content (AvgIpc) is 2.99. The lowest BCUT2D eigenvalue weighted by molar-refractivity contribution is 0.277. The molecule has 0 aliphatic carbocycles. The highest BCUT2D eigenvalue weighted by molar-refractivity contribution is 4.88. The summed E-state index contributed by atoms with van der Waals surface area (Å²) in [6.45, 7) is 2.89. The van der Waals surface area contributed by atoms with Crippen molar-refractivity contribution in [1.82, 2.24) is 19.7 Å². The molecule has 5 heteroatoms. The van der Waals surface area contributed by atoms with Crippen LogP contribution < -0.4 is 0 Å². The maximum absolute atomic E-state index is 5.25. The monoisotopic (exact) mass is 218 g/mol. The van der Waals surface area contributed by atoms with Gasteiger partial charge in [0.2, 0.25) is 5.89 Å². The highest BCUT2D eigenvalue weighted by Gasteiger charge is 2.24. The van der Waals surface area contributed by atoms with E-state index in [1.165, 1.54) is 0 Å². The van der Waals surface area contributed by atoms with Crippen molar-refractivity contribution in [2.24, 2.45) is 0 Å². The number of likely N-dealkylation sites (tertiary alicyclic amines) is 1. The molecule has 1 atom stereocenters. The van der Waals surface area contributed by atoms with E-state index in [2.05, 4.69) is 15.0 Å². The van der Waals surface area contributed by atoms with Crippen molar-refractivity contribution in [2.45, 2.75) is 19.0 Å². The van der Waals surface area contributed by atoms with E-state index in [1.807, 2.05) is 23.1 Å². The van der Waals surface area contributed by atoms with Gasteiger partial charge in [0.05, 0.1) is 18.8 Å². The summed E-state index contributed by atoms with van der Waals surface area (Å²) in [5, 5.41) is 4.28. The summed E-state index contributed by atoms with van der Waals surface area (Å²) >= 11 is 0. The summed E-state index contributed by atoms with van der Waals surface area (Å²) in [6.07, 6.45) is 8.31. The van der Waals surface area contributed by atoms with E-state index in [4.69, 9.17) is 4.42 Å². The van der Waals surface area contributed by atoms with Crippen LogP contribution in [0.1, 0.15) is 18.4 Å². The van der Waals surface area contributed by atoms with Gasteiger partial charge < -0.3 is 4.42 Å². The van der Waals surface area contributed by atoms with Gasteiger partial charge in [-0.05, 0) is 12.5 Å². The van der Waals surface area contributed by atoms with Crippen LogP contribution in [0.15, 0.2) is 35.3 Å². The van der Waals surface area contributed by atoms with Gasteiger partial charge in [0.25, 0.3) is 0 Å². The Kier molecular flexibility index (Phi) is 2.46. The molecule has 84 valence electrons. The van der Waals surface area contributed by atoms with E-state index in [0.29, 0.717) is 6.04 Å². The SMILES string of the molecule is c1cnn(C2CCN(Cc3ncco3)C2)c1. The largest absolute Gasteiger partial charge is 0.448 e. The molecule has 3 heterocycles. The van der Waals surface area contributed by atoms with Crippen molar-refractivity contribution < 1.29 is 4.42 Å². The second-order valence-corrected chi connectivity index (χ2v) is 4.09. The molecular weight excluding hydrogens is 204 g/mol. The predicted molar refractivity (Wildman–Crippen MR) is 57.7 cm³/mol. The lowest BCUT2D eigenvalue weighted by Gasteiger charge is -2.13. The zero-order chi connectivity index (χ0) is 10.8. The Morgan fingerprint density at radius 1 is 1.44 bits per heavy atom. The number of nitrogens with zero attached hydrogens (tertiary/aromatic N) is 4. The van der Waals surface area contributed by atoms with Crippen molar-refractivity contribution in [3.05, 3.63) is 36.8 Å². The van der Waals surface area contributed by atoms with Crippen LogP contribution in [0, 0.1) is 0 Å². The van der Waals surface area contributed by atoms with Gasteiger partial charge in [-0.3, -0.25) is 9.58 Å². The molecule has 1 fully saturated rings. The minimum absolute atomic E-state index is 0.491. The second kappa shape index (κ2) is 4.09. The van der Waals surface area contributed by atoms with Crippen molar-refractivity contribution in [3.8, 4) is 0 Å². The first-order valence-corrected chi connectivity index (χ1v) is 5.51. The van der Waals surface area contributed by atoms with E-state index in [0.717, 1.165) is 31.9 Å². The Bertz CT molecular complexity index is 423. The fraction of sp³-hybridized carbons (Fsp3) is 0.455. The topological polar surface area (TPSA) is 47.1 Å². The van der Waals surface area contributed by atoms with Crippen LogP contribution in [0.4, 0.5) is 0 Å². The second-order valence-electron chi connectivity index (χ2n) is 4.09. The van der Waals surface area contributed by atoms with Gasteiger partial charge in [-0.1, -0.05) is 0 Å². The van der Waals surface area contributed by atoms with Crippen LogP contribution in [-0.4, -0.2) is 32.8 Å². The third kappa shape index (κ3) is 1.86. The lowest BCUT2D eigenvalue weighted by atomic mass is 10.3. The van der Waals surface area contributed by atoms with Gasteiger partial charge >= 0.3 is 0 Å². The lowest BCUT2D eigenvalue weighted by Crippen LogP contribution is -2.21.